The van der Waals surface area contributed by atoms with Crippen LogP contribution in [-0.4, -0.2) is 58.2 Å². The zero-order chi connectivity index (χ0) is 19.8. The molecule has 1 amide bonds. The maximum atomic E-state index is 11.6. The molecule has 0 bridgehead atoms. The Balaban J connectivity index is 0.00000392. The Kier molecular flexibility index (Phi) is 10.9. The average molecular weight is 569 g/mol. The summed E-state index contributed by atoms with van der Waals surface area (Å²) in [5, 5.41) is 6.12. The lowest BCUT2D eigenvalue weighted by atomic mass is 9.93. The molecule has 0 radical (unpaired) electrons. The Hall–Kier alpha value is -1.23. The molecule has 1 fully saturated rings. The lowest BCUT2D eigenvalue weighted by Crippen LogP contribution is -2.45. The predicted molar refractivity (Wildman–Crippen MR) is 126 cm³/mol. The van der Waals surface area contributed by atoms with E-state index in [1.807, 2.05) is 12.1 Å². The first-order valence-electron chi connectivity index (χ1n) is 9.08. The average Bonchev–Trinajstić information content (AvgIpc) is 2.68. The Morgan fingerprint density at radius 3 is 2.50 bits per heavy atom. The SMILES string of the molecule is CN=C(NCc1cc(Br)c(OC)c(OC)c1)N1CCC(CC(=O)NC)CC1.I. The molecule has 1 saturated heterocycles. The van der Waals surface area contributed by atoms with E-state index in [2.05, 4.69) is 36.5 Å². The van der Waals surface area contributed by atoms with Gasteiger partial charge in [-0.25, -0.2) is 0 Å². The van der Waals surface area contributed by atoms with Crippen molar-refractivity contribution in [2.24, 2.45) is 10.9 Å². The van der Waals surface area contributed by atoms with Crippen LogP contribution in [0, 0.1) is 5.92 Å². The second-order valence-corrected chi connectivity index (χ2v) is 7.38. The number of carbonyl (C=O) groups excluding carboxylic acids is 1. The number of halogens is 2. The Morgan fingerprint density at radius 2 is 1.96 bits per heavy atom. The third-order valence-electron chi connectivity index (χ3n) is 4.82. The summed E-state index contributed by atoms with van der Waals surface area (Å²) in [4.78, 5) is 18.2. The molecule has 28 heavy (non-hydrogen) atoms. The summed E-state index contributed by atoms with van der Waals surface area (Å²) in [5.41, 5.74) is 1.06. The highest BCUT2D eigenvalue weighted by Gasteiger charge is 2.23. The van der Waals surface area contributed by atoms with Gasteiger partial charge in [0.2, 0.25) is 5.91 Å². The summed E-state index contributed by atoms with van der Waals surface area (Å²) >= 11 is 3.53. The van der Waals surface area contributed by atoms with Crippen LogP contribution < -0.4 is 20.1 Å². The molecule has 1 aromatic rings. The number of piperidine rings is 1. The van der Waals surface area contributed by atoms with E-state index in [-0.39, 0.29) is 29.9 Å². The first kappa shape index (κ1) is 24.8. The van der Waals surface area contributed by atoms with Gasteiger partial charge in [0.05, 0.1) is 18.7 Å². The molecule has 0 aromatic heterocycles. The van der Waals surface area contributed by atoms with Gasteiger partial charge in [-0.3, -0.25) is 9.79 Å². The number of carbonyl (C=O) groups is 1. The van der Waals surface area contributed by atoms with Crippen LogP contribution in [0.25, 0.3) is 0 Å². The highest BCUT2D eigenvalue weighted by atomic mass is 127. The van der Waals surface area contributed by atoms with E-state index in [9.17, 15) is 4.79 Å². The van der Waals surface area contributed by atoms with Crippen LogP contribution in [0.15, 0.2) is 21.6 Å². The molecule has 2 rings (SSSR count). The van der Waals surface area contributed by atoms with Crippen LogP contribution in [-0.2, 0) is 11.3 Å². The van der Waals surface area contributed by atoms with Gasteiger partial charge in [-0.05, 0) is 52.4 Å². The number of hydrogen-bond acceptors (Lipinski definition) is 4. The van der Waals surface area contributed by atoms with Crippen molar-refractivity contribution in [3.63, 3.8) is 0 Å². The molecule has 158 valence electrons. The van der Waals surface area contributed by atoms with Crippen LogP contribution in [0.5, 0.6) is 11.5 Å². The van der Waals surface area contributed by atoms with Gasteiger partial charge in [0.1, 0.15) is 0 Å². The van der Waals surface area contributed by atoms with E-state index in [1.54, 1.807) is 28.3 Å². The number of rotatable bonds is 6. The summed E-state index contributed by atoms with van der Waals surface area (Å²) in [6.07, 6.45) is 2.60. The van der Waals surface area contributed by atoms with Crippen molar-refractivity contribution < 1.29 is 14.3 Å². The van der Waals surface area contributed by atoms with Gasteiger partial charge in [-0.15, -0.1) is 24.0 Å². The van der Waals surface area contributed by atoms with E-state index in [4.69, 9.17) is 9.47 Å². The maximum Gasteiger partial charge on any atom is 0.220 e. The summed E-state index contributed by atoms with van der Waals surface area (Å²) in [6, 6.07) is 3.97. The molecule has 0 aliphatic carbocycles. The third-order valence-corrected chi connectivity index (χ3v) is 5.41. The summed E-state index contributed by atoms with van der Waals surface area (Å²) in [7, 11) is 6.73. The molecule has 9 heteroatoms. The van der Waals surface area contributed by atoms with Crippen molar-refractivity contribution in [2.45, 2.75) is 25.8 Å². The van der Waals surface area contributed by atoms with E-state index >= 15 is 0 Å². The summed E-state index contributed by atoms with van der Waals surface area (Å²) in [6.45, 7) is 2.43. The molecule has 7 nitrogen and oxygen atoms in total. The van der Waals surface area contributed by atoms with Gasteiger partial charge in [0.25, 0.3) is 0 Å². The van der Waals surface area contributed by atoms with Crippen molar-refractivity contribution in [3.8, 4) is 11.5 Å². The van der Waals surface area contributed by atoms with Gasteiger partial charge in [0.15, 0.2) is 17.5 Å². The standard InChI is InChI=1S/C19H29BrN4O3.HI/c1-21-17(25)11-13-5-7-24(8-6-13)19(22-2)23-12-14-9-15(20)18(27-4)16(10-14)26-3;/h9-10,13H,5-8,11-12H2,1-4H3,(H,21,25)(H,22,23);1H. The minimum absolute atomic E-state index is 0. The predicted octanol–water partition coefficient (Wildman–Crippen LogP) is 3.01. The third kappa shape index (κ3) is 6.68. The molecule has 0 saturated carbocycles. The number of nitrogens with one attached hydrogen (secondary N) is 2. The van der Waals surface area contributed by atoms with E-state index < -0.39 is 0 Å². The fraction of sp³-hybridized carbons (Fsp3) is 0.579. The monoisotopic (exact) mass is 568 g/mol. The number of methoxy groups -OCH3 is 2. The van der Waals surface area contributed by atoms with Crippen molar-refractivity contribution in [1.29, 1.82) is 0 Å². The molecule has 1 heterocycles. The fourth-order valence-electron chi connectivity index (χ4n) is 3.30. The normalized spacial score (nSPS) is 14.9. The minimum atomic E-state index is 0. The Morgan fingerprint density at radius 1 is 1.29 bits per heavy atom. The molecule has 0 atom stereocenters. The van der Waals surface area contributed by atoms with Gasteiger partial charge >= 0.3 is 0 Å². The van der Waals surface area contributed by atoms with Crippen molar-refractivity contribution in [2.75, 3.05) is 41.4 Å². The van der Waals surface area contributed by atoms with Crippen LogP contribution in [0.1, 0.15) is 24.8 Å². The number of hydrogen-bond donors (Lipinski definition) is 2. The Bertz CT molecular complexity index is 679. The van der Waals surface area contributed by atoms with Gasteiger partial charge in [0, 0.05) is 40.2 Å². The second-order valence-electron chi connectivity index (χ2n) is 6.52. The quantitative estimate of drug-likeness (QED) is 0.313. The molecule has 1 aliphatic rings. The molecule has 0 unspecified atom stereocenters. The number of likely N-dealkylation sites (tertiary alicyclic amines) is 1. The molecular weight excluding hydrogens is 539 g/mol. The molecule has 1 aromatic carbocycles. The van der Waals surface area contributed by atoms with Crippen molar-refractivity contribution >= 4 is 51.8 Å². The van der Waals surface area contributed by atoms with E-state index in [0.717, 1.165) is 41.9 Å². The van der Waals surface area contributed by atoms with Gasteiger partial charge in [-0.1, -0.05) is 0 Å². The number of amides is 1. The summed E-state index contributed by atoms with van der Waals surface area (Å²) in [5.74, 6) is 2.81. The largest absolute Gasteiger partial charge is 0.493 e. The first-order valence-corrected chi connectivity index (χ1v) is 9.88. The first-order chi connectivity index (χ1) is 13.0. The molecular formula is C19H30BrIN4O3. The Labute approximate surface area is 192 Å². The summed E-state index contributed by atoms with van der Waals surface area (Å²) < 4.78 is 11.6. The van der Waals surface area contributed by atoms with Crippen molar-refractivity contribution in [3.05, 3.63) is 22.2 Å². The number of nitrogens with zero attached hydrogens (tertiary/aromatic N) is 2. The topological polar surface area (TPSA) is 75.2 Å². The number of aliphatic imine (C=N–C) groups is 1. The minimum Gasteiger partial charge on any atom is -0.493 e. The number of guanidine groups is 1. The second kappa shape index (κ2) is 12.4. The van der Waals surface area contributed by atoms with E-state index in [1.165, 1.54) is 0 Å². The zero-order valence-electron chi connectivity index (χ0n) is 16.9. The van der Waals surface area contributed by atoms with Crippen LogP contribution in [0.4, 0.5) is 0 Å². The number of ether oxygens (including phenoxy) is 2. The van der Waals surface area contributed by atoms with Gasteiger partial charge < -0.3 is 25.0 Å². The van der Waals surface area contributed by atoms with Gasteiger partial charge in [-0.2, -0.15) is 0 Å². The maximum absolute atomic E-state index is 11.6. The van der Waals surface area contributed by atoms with Crippen LogP contribution in [0.3, 0.4) is 0 Å². The number of benzene rings is 1. The molecule has 2 N–H and O–H groups in total. The fourth-order valence-corrected chi connectivity index (χ4v) is 3.95. The van der Waals surface area contributed by atoms with E-state index in [0.29, 0.717) is 30.4 Å². The lowest BCUT2D eigenvalue weighted by Gasteiger charge is -2.34. The zero-order valence-corrected chi connectivity index (χ0v) is 20.8. The van der Waals surface area contributed by atoms with Crippen LogP contribution >= 0.6 is 39.9 Å². The van der Waals surface area contributed by atoms with Crippen LogP contribution in [0.2, 0.25) is 0 Å². The lowest BCUT2D eigenvalue weighted by molar-refractivity contribution is -0.121. The molecule has 0 spiro atoms. The van der Waals surface area contributed by atoms with Crippen molar-refractivity contribution in [1.82, 2.24) is 15.5 Å². The smallest absolute Gasteiger partial charge is 0.220 e. The highest BCUT2D eigenvalue weighted by molar-refractivity contribution is 14.0. The highest BCUT2D eigenvalue weighted by Crippen LogP contribution is 2.36. The molecule has 1 aliphatic heterocycles.